The van der Waals surface area contributed by atoms with Gasteiger partial charge in [0, 0.05) is 18.0 Å². The van der Waals surface area contributed by atoms with Crippen molar-refractivity contribution in [1.29, 1.82) is 0 Å². The van der Waals surface area contributed by atoms with Crippen molar-refractivity contribution in [1.82, 2.24) is 9.55 Å². The van der Waals surface area contributed by atoms with Gasteiger partial charge >= 0.3 is 0 Å². The van der Waals surface area contributed by atoms with Crippen LogP contribution in [0.25, 0.3) is 10.9 Å². The summed E-state index contributed by atoms with van der Waals surface area (Å²) in [5.41, 5.74) is 0.392. The predicted octanol–water partition coefficient (Wildman–Crippen LogP) is 3.22. The minimum Gasteiger partial charge on any atom is -0.323 e. The summed E-state index contributed by atoms with van der Waals surface area (Å²) in [5.74, 6) is -0.992. The van der Waals surface area contributed by atoms with Crippen molar-refractivity contribution in [3.8, 4) is 0 Å². The zero-order valence-corrected chi connectivity index (χ0v) is 13.3. The molecule has 7 heteroatoms. The number of nitrogens with one attached hydrogen (secondary N) is 1. The monoisotopic (exact) mass is 345 g/mol. The molecule has 5 nitrogen and oxygen atoms in total. The molecule has 3 aromatic rings. The van der Waals surface area contributed by atoms with Crippen LogP contribution in [0.4, 0.5) is 10.1 Å². The van der Waals surface area contributed by atoms with E-state index >= 15 is 0 Å². The zero-order chi connectivity index (χ0) is 17.1. The molecular formula is C17H13ClFN3O2. The van der Waals surface area contributed by atoms with Crippen LogP contribution >= 0.6 is 11.6 Å². The van der Waals surface area contributed by atoms with Gasteiger partial charge in [-0.15, -0.1) is 0 Å². The second kappa shape index (κ2) is 6.80. The van der Waals surface area contributed by atoms with Crippen LogP contribution in [-0.2, 0) is 11.3 Å². The topological polar surface area (TPSA) is 64.0 Å². The molecule has 0 atom stereocenters. The smallest absolute Gasteiger partial charge is 0.261 e. The molecular weight excluding hydrogens is 333 g/mol. The first kappa shape index (κ1) is 16.1. The Labute approximate surface area is 141 Å². The summed E-state index contributed by atoms with van der Waals surface area (Å²) in [6.45, 7) is 0.144. The summed E-state index contributed by atoms with van der Waals surface area (Å²) in [4.78, 5) is 28.5. The number of hydrogen-bond acceptors (Lipinski definition) is 3. The molecule has 0 saturated heterocycles. The number of rotatable bonds is 4. The number of aryl methyl sites for hydroxylation is 1. The van der Waals surface area contributed by atoms with Crippen LogP contribution in [0.15, 0.2) is 53.6 Å². The van der Waals surface area contributed by atoms with Crippen LogP contribution in [0.5, 0.6) is 0 Å². The van der Waals surface area contributed by atoms with Gasteiger partial charge < -0.3 is 5.32 Å². The van der Waals surface area contributed by atoms with Crippen molar-refractivity contribution in [3.05, 3.63) is 70.0 Å². The van der Waals surface area contributed by atoms with Crippen LogP contribution in [-0.4, -0.2) is 15.5 Å². The standard InChI is InChI=1S/C17H13ClFN3O2/c18-11-5-6-13(19)15(9-11)21-16(23)7-8-22-10-20-14-4-2-1-3-12(14)17(22)24/h1-6,9-10H,7-8H2,(H,21,23). The lowest BCUT2D eigenvalue weighted by atomic mass is 10.2. The van der Waals surface area contributed by atoms with Gasteiger partial charge in [-0.05, 0) is 30.3 Å². The fraction of sp³-hybridized carbons (Fsp3) is 0.118. The minimum absolute atomic E-state index is 0.00583. The first-order chi connectivity index (χ1) is 11.5. The van der Waals surface area contributed by atoms with Crippen molar-refractivity contribution in [2.24, 2.45) is 0 Å². The van der Waals surface area contributed by atoms with Gasteiger partial charge in [-0.2, -0.15) is 0 Å². The summed E-state index contributed by atoms with van der Waals surface area (Å²) in [5, 5.41) is 3.25. The Morgan fingerprint density at radius 3 is 2.88 bits per heavy atom. The average Bonchev–Trinajstić information content (AvgIpc) is 2.58. The van der Waals surface area contributed by atoms with E-state index in [9.17, 15) is 14.0 Å². The average molecular weight is 346 g/mol. The Morgan fingerprint density at radius 1 is 1.25 bits per heavy atom. The van der Waals surface area contributed by atoms with Gasteiger partial charge in [0.2, 0.25) is 5.91 Å². The highest BCUT2D eigenvalue weighted by atomic mass is 35.5. The van der Waals surface area contributed by atoms with E-state index in [1.165, 1.54) is 29.1 Å². The Bertz CT molecular complexity index is 971. The van der Waals surface area contributed by atoms with Gasteiger partial charge in [0.15, 0.2) is 0 Å². The molecule has 0 spiro atoms. The maximum atomic E-state index is 13.6. The van der Waals surface area contributed by atoms with Crippen molar-refractivity contribution < 1.29 is 9.18 Å². The summed E-state index contributed by atoms with van der Waals surface area (Å²) in [6, 6.07) is 10.9. The van der Waals surface area contributed by atoms with E-state index in [0.29, 0.717) is 15.9 Å². The molecule has 2 aromatic carbocycles. The van der Waals surface area contributed by atoms with Gasteiger partial charge in [0.05, 0.1) is 22.9 Å². The van der Waals surface area contributed by atoms with Gasteiger partial charge in [0.25, 0.3) is 5.56 Å². The Morgan fingerprint density at radius 2 is 2.04 bits per heavy atom. The zero-order valence-electron chi connectivity index (χ0n) is 12.5. The van der Waals surface area contributed by atoms with E-state index in [0.717, 1.165) is 0 Å². The number of hydrogen-bond donors (Lipinski definition) is 1. The molecule has 0 aliphatic heterocycles. The largest absolute Gasteiger partial charge is 0.323 e. The van der Waals surface area contributed by atoms with Crippen molar-refractivity contribution in [2.45, 2.75) is 13.0 Å². The normalized spacial score (nSPS) is 10.8. The summed E-state index contributed by atoms with van der Waals surface area (Å²) >= 11 is 5.78. The van der Waals surface area contributed by atoms with Crippen LogP contribution < -0.4 is 10.9 Å². The Kier molecular flexibility index (Phi) is 4.57. The summed E-state index contributed by atoms with van der Waals surface area (Å²) < 4.78 is 15.0. The number of para-hydroxylation sites is 1. The molecule has 3 rings (SSSR count). The van der Waals surface area contributed by atoms with E-state index in [1.807, 2.05) is 0 Å². The maximum Gasteiger partial charge on any atom is 0.261 e. The third kappa shape index (κ3) is 3.44. The maximum absolute atomic E-state index is 13.6. The second-order valence-corrected chi connectivity index (χ2v) is 5.62. The number of halogens is 2. The SMILES string of the molecule is O=C(CCn1cnc2ccccc2c1=O)Nc1cc(Cl)ccc1F. The lowest BCUT2D eigenvalue weighted by Gasteiger charge is -2.08. The van der Waals surface area contributed by atoms with Crippen molar-refractivity contribution in [3.63, 3.8) is 0 Å². The first-order valence-electron chi connectivity index (χ1n) is 7.23. The van der Waals surface area contributed by atoms with E-state index in [-0.39, 0.29) is 24.2 Å². The minimum atomic E-state index is -0.572. The van der Waals surface area contributed by atoms with Crippen LogP contribution in [0.2, 0.25) is 5.02 Å². The molecule has 0 unspecified atom stereocenters. The molecule has 1 heterocycles. The highest BCUT2D eigenvalue weighted by Gasteiger charge is 2.09. The van der Waals surface area contributed by atoms with Crippen LogP contribution in [0.3, 0.4) is 0 Å². The predicted molar refractivity (Wildman–Crippen MR) is 90.7 cm³/mol. The first-order valence-corrected chi connectivity index (χ1v) is 7.61. The number of amides is 1. The molecule has 0 aliphatic carbocycles. The molecule has 0 aliphatic rings. The number of anilines is 1. The van der Waals surface area contributed by atoms with Crippen LogP contribution in [0.1, 0.15) is 6.42 Å². The van der Waals surface area contributed by atoms with Gasteiger partial charge in [-0.1, -0.05) is 23.7 Å². The number of benzene rings is 2. The van der Waals surface area contributed by atoms with Crippen molar-refractivity contribution >= 4 is 34.1 Å². The number of aromatic nitrogens is 2. The molecule has 0 fully saturated rings. The van der Waals surface area contributed by atoms with E-state index in [2.05, 4.69) is 10.3 Å². The van der Waals surface area contributed by atoms with Gasteiger partial charge in [0.1, 0.15) is 5.82 Å². The number of nitrogens with zero attached hydrogens (tertiary/aromatic N) is 2. The lowest BCUT2D eigenvalue weighted by Crippen LogP contribution is -2.23. The fourth-order valence-corrected chi connectivity index (χ4v) is 2.47. The molecule has 1 aromatic heterocycles. The Hall–Kier alpha value is -2.73. The van der Waals surface area contributed by atoms with E-state index in [1.54, 1.807) is 24.3 Å². The number of fused-ring (bicyclic) bond motifs is 1. The van der Waals surface area contributed by atoms with E-state index in [4.69, 9.17) is 11.6 Å². The number of carbonyl (C=O) groups is 1. The lowest BCUT2D eigenvalue weighted by molar-refractivity contribution is -0.116. The van der Waals surface area contributed by atoms with Crippen LogP contribution in [0, 0.1) is 5.82 Å². The fourth-order valence-electron chi connectivity index (χ4n) is 2.29. The molecule has 0 bridgehead atoms. The molecule has 0 saturated carbocycles. The van der Waals surface area contributed by atoms with Crippen molar-refractivity contribution in [2.75, 3.05) is 5.32 Å². The van der Waals surface area contributed by atoms with E-state index < -0.39 is 11.7 Å². The third-order valence-corrected chi connectivity index (χ3v) is 3.75. The second-order valence-electron chi connectivity index (χ2n) is 5.18. The molecule has 122 valence electrons. The molecule has 0 radical (unpaired) electrons. The highest BCUT2D eigenvalue weighted by molar-refractivity contribution is 6.30. The summed E-state index contributed by atoms with van der Waals surface area (Å²) in [6.07, 6.45) is 1.41. The quantitative estimate of drug-likeness (QED) is 0.789. The molecule has 24 heavy (non-hydrogen) atoms. The third-order valence-electron chi connectivity index (χ3n) is 3.51. The Balaban J connectivity index is 1.71. The number of carbonyl (C=O) groups excluding carboxylic acids is 1. The summed E-state index contributed by atoms with van der Waals surface area (Å²) in [7, 11) is 0. The highest BCUT2D eigenvalue weighted by Crippen LogP contribution is 2.19. The van der Waals surface area contributed by atoms with Gasteiger partial charge in [-0.3, -0.25) is 14.2 Å². The van der Waals surface area contributed by atoms with Gasteiger partial charge in [-0.25, -0.2) is 9.37 Å². The molecule has 1 N–H and O–H groups in total. The molecule has 1 amide bonds.